The summed E-state index contributed by atoms with van der Waals surface area (Å²) in [6.45, 7) is 0. The van der Waals surface area contributed by atoms with E-state index in [0.29, 0.717) is 16.4 Å². The zero-order valence-electron chi connectivity index (χ0n) is 13.3. The number of carbonyl (C=O) groups is 2. The van der Waals surface area contributed by atoms with Crippen LogP contribution >= 0.6 is 11.6 Å². The highest BCUT2D eigenvalue weighted by atomic mass is 35.5. The third-order valence-electron chi connectivity index (χ3n) is 3.81. The van der Waals surface area contributed by atoms with Crippen molar-refractivity contribution in [2.75, 3.05) is 23.9 Å². The van der Waals surface area contributed by atoms with Gasteiger partial charge >= 0.3 is 6.03 Å². The van der Waals surface area contributed by atoms with Crippen LogP contribution < -0.4 is 9.80 Å². The fourth-order valence-electron chi connectivity index (χ4n) is 2.50. The number of carbonyl (C=O) groups excluding carboxylic acids is 2. The second-order valence-electron chi connectivity index (χ2n) is 5.42. The Morgan fingerprint density at radius 1 is 1.04 bits per heavy atom. The molecule has 0 spiro atoms. The molecule has 1 heterocycles. The maximum Gasteiger partial charge on any atom is 0.336 e. The van der Waals surface area contributed by atoms with Gasteiger partial charge in [0.05, 0.1) is 5.69 Å². The van der Waals surface area contributed by atoms with E-state index in [1.165, 1.54) is 4.90 Å². The van der Waals surface area contributed by atoms with Crippen molar-refractivity contribution in [2.24, 2.45) is 0 Å². The minimum Gasteiger partial charge on any atom is -0.349 e. The van der Waals surface area contributed by atoms with Crippen LogP contribution in [0.1, 0.15) is 0 Å². The number of para-hydroxylation sites is 1. The molecule has 0 aromatic heterocycles. The monoisotopic (exact) mass is 341 g/mol. The Hall–Kier alpha value is -2.79. The maximum absolute atomic E-state index is 12.7. The second kappa shape index (κ2) is 6.37. The average molecular weight is 342 g/mol. The Bertz CT molecular complexity index is 820. The summed E-state index contributed by atoms with van der Waals surface area (Å²) < 4.78 is 0. The second-order valence-corrected chi connectivity index (χ2v) is 5.86. The molecule has 1 fully saturated rings. The van der Waals surface area contributed by atoms with Gasteiger partial charge in [-0.1, -0.05) is 35.9 Å². The number of halogens is 1. The van der Waals surface area contributed by atoms with Crippen LogP contribution in [0.5, 0.6) is 0 Å². The summed E-state index contributed by atoms with van der Waals surface area (Å²) in [5.74, 6) is -0.382. The number of benzene rings is 2. The molecule has 0 radical (unpaired) electrons. The fourth-order valence-corrected chi connectivity index (χ4v) is 2.69. The smallest absolute Gasteiger partial charge is 0.336 e. The molecule has 0 saturated carbocycles. The van der Waals surface area contributed by atoms with Crippen molar-refractivity contribution in [3.63, 3.8) is 0 Å². The largest absolute Gasteiger partial charge is 0.349 e. The summed E-state index contributed by atoms with van der Waals surface area (Å²) in [5, 5.41) is 0.467. The van der Waals surface area contributed by atoms with Gasteiger partial charge in [-0.2, -0.15) is 0 Å². The van der Waals surface area contributed by atoms with Gasteiger partial charge in [0.2, 0.25) is 0 Å². The van der Waals surface area contributed by atoms with E-state index in [0.717, 1.165) is 10.6 Å². The zero-order chi connectivity index (χ0) is 17.3. The van der Waals surface area contributed by atoms with Crippen molar-refractivity contribution < 1.29 is 9.59 Å². The van der Waals surface area contributed by atoms with E-state index in [1.54, 1.807) is 42.4 Å². The van der Waals surface area contributed by atoms with Crippen LogP contribution in [-0.4, -0.2) is 30.9 Å². The van der Waals surface area contributed by atoms with Gasteiger partial charge in [-0.25, -0.2) is 9.69 Å². The van der Waals surface area contributed by atoms with Gasteiger partial charge in [0, 0.05) is 31.0 Å². The quantitative estimate of drug-likeness (QED) is 0.631. The van der Waals surface area contributed by atoms with E-state index in [9.17, 15) is 9.59 Å². The predicted octanol–water partition coefficient (Wildman–Crippen LogP) is 3.72. The molecule has 0 aliphatic carbocycles. The number of likely N-dealkylation sites (N-methyl/N-ethyl adjacent to an activating group) is 1. The van der Waals surface area contributed by atoms with Crippen LogP contribution in [0.25, 0.3) is 0 Å². The zero-order valence-corrected chi connectivity index (χ0v) is 14.1. The number of imide groups is 1. The number of anilines is 2. The van der Waals surface area contributed by atoms with Crippen LogP contribution in [0.2, 0.25) is 5.02 Å². The molecule has 0 atom stereocenters. The summed E-state index contributed by atoms with van der Waals surface area (Å²) in [4.78, 5) is 29.5. The summed E-state index contributed by atoms with van der Waals surface area (Å²) >= 11 is 5.97. The lowest BCUT2D eigenvalue weighted by Gasteiger charge is -2.16. The number of rotatable bonds is 3. The van der Waals surface area contributed by atoms with Crippen molar-refractivity contribution >= 4 is 34.9 Å². The molecule has 2 aromatic carbocycles. The molecule has 5 nitrogen and oxygen atoms in total. The van der Waals surface area contributed by atoms with Gasteiger partial charge in [-0.05, 0) is 30.3 Å². The topological polar surface area (TPSA) is 43.9 Å². The van der Waals surface area contributed by atoms with Crippen molar-refractivity contribution in [2.45, 2.75) is 0 Å². The molecule has 3 amide bonds. The van der Waals surface area contributed by atoms with Gasteiger partial charge in [-0.15, -0.1) is 0 Å². The van der Waals surface area contributed by atoms with Gasteiger partial charge in [0.1, 0.15) is 5.70 Å². The van der Waals surface area contributed by atoms with Gasteiger partial charge < -0.3 is 4.90 Å². The Labute approximate surface area is 145 Å². The fraction of sp³-hybridized carbons (Fsp3) is 0.111. The molecular weight excluding hydrogens is 326 g/mol. The van der Waals surface area contributed by atoms with E-state index in [-0.39, 0.29) is 5.91 Å². The van der Waals surface area contributed by atoms with Crippen molar-refractivity contribution in [1.82, 2.24) is 4.90 Å². The number of nitrogens with zero attached hydrogens (tertiary/aromatic N) is 3. The highest BCUT2D eigenvalue weighted by Crippen LogP contribution is 2.28. The molecular formula is C18H16ClN3O2. The molecule has 1 aliphatic rings. The Morgan fingerprint density at radius 3 is 2.42 bits per heavy atom. The van der Waals surface area contributed by atoms with E-state index >= 15 is 0 Å². The maximum atomic E-state index is 12.7. The van der Waals surface area contributed by atoms with Crippen LogP contribution in [0.4, 0.5) is 16.2 Å². The lowest BCUT2D eigenvalue weighted by molar-refractivity contribution is -0.114. The SMILES string of the molecule is CN1C(=O)N(c2cccc(Cl)c2)C(=O)C1=CN(C)c1ccccc1. The first-order chi connectivity index (χ1) is 11.5. The Balaban J connectivity index is 1.95. The standard InChI is InChI=1S/C18H16ClN3O2/c1-20(14-8-4-3-5-9-14)12-16-17(23)22(18(24)21(16)2)15-10-6-7-13(19)11-15/h3-12H,1-2H3. The highest BCUT2D eigenvalue weighted by Gasteiger charge is 2.40. The highest BCUT2D eigenvalue weighted by molar-refractivity contribution is 6.32. The molecule has 1 aliphatic heterocycles. The first-order valence-electron chi connectivity index (χ1n) is 7.36. The number of hydrogen-bond acceptors (Lipinski definition) is 3. The lowest BCUT2D eigenvalue weighted by Crippen LogP contribution is -2.31. The summed E-state index contributed by atoms with van der Waals surface area (Å²) in [6.07, 6.45) is 1.65. The molecule has 3 rings (SSSR count). The molecule has 1 saturated heterocycles. The summed E-state index contributed by atoms with van der Waals surface area (Å²) in [7, 11) is 3.41. The molecule has 122 valence electrons. The minimum atomic E-state index is -0.407. The molecule has 24 heavy (non-hydrogen) atoms. The first kappa shape index (κ1) is 16.1. The first-order valence-corrected chi connectivity index (χ1v) is 7.74. The molecule has 0 unspecified atom stereocenters. The molecule has 0 N–H and O–H groups in total. The number of hydrogen-bond donors (Lipinski definition) is 0. The normalized spacial score (nSPS) is 16.2. The summed E-state index contributed by atoms with van der Waals surface area (Å²) in [5.41, 5.74) is 1.67. The van der Waals surface area contributed by atoms with E-state index in [1.807, 2.05) is 37.4 Å². The van der Waals surface area contributed by atoms with Crippen LogP contribution in [0.3, 0.4) is 0 Å². The van der Waals surface area contributed by atoms with Gasteiger partial charge in [-0.3, -0.25) is 9.69 Å². The minimum absolute atomic E-state index is 0.298. The third kappa shape index (κ3) is 2.86. The van der Waals surface area contributed by atoms with Crippen molar-refractivity contribution in [3.8, 4) is 0 Å². The number of amides is 3. The van der Waals surface area contributed by atoms with E-state index in [4.69, 9.17) is 11.6 Å². The molecule has 6 heteroatoms. The van der Waals surface area contributed by atoms with Gasteiger partial charge in [0.25, 0.3) is 5.91 Å². The Morgan fingerprint density at radius 2 is 1.75 bits per heavy atom. The Kier molecular flexibility index (Phi) is 4.27. The average Bonchev–Trinajstić information content (AvgIpc) is 2.79. The van der Waals surface area contributed by atoms with Crippen LogP contribution in [0.15, 0.2) is 66.5 Å². The predicted molar refractivity (Wildman–Crippen MR) is 95.0 cm³/mol. The molecule has 2 aromatic rings. The van der Waals surface area contributed by atoms with Gasteiger partial charge in [0.15, 0.2) is 0 Å². The summed E-state index contributed by atoms with van der Waals surface area (Å²) in [6, 6.07) is 15.9. The number of urea groups is 1. The van der Waals surface area contributed by atoms with Crippen molar-refractivity contribution in [3.05, 3.63) is 71.5 Å². The van der Waals surface area contributed by atoms with Crippen molar-refractivity contribution in [1.29, 1.82) is 0 Å². The van der Waals surface area contributed by atoms with Crippen LogP contribution in [0, 0.1) is 0 Å². The third-order valence-corrected chi connectivity index (χ3v) is 4.04. The van der Waals surface area contributed by atoms with E-state index < -0.39 is 6.03 Å². The lowest BCUT2D eigenvalue weighted by atomic mass is 10.3. The van der Waals surface area contributed by atoms with E-state index in [2.05, 4.69) is 0 Å². The molecule has 0 bridgehead atoms. The van der Waals surface area contributed by atoms with Crippen LogP contribution in [-0.2, 0) is 4.79 Å².